The number of nitrogens with one attached hydrogen (secondary N) is 1. The molecular weight excluding hydrogens is 418 g/mol. The average molecular weight is 446 g/mol. The normalized spacial score (nSPS) is 14.7. The lowest BCUT2D eigenvalue weighted by molar-refractivity contribution is 0.0374. The Labute approximate surface area is 191 Å². The number of hydrogen-bond acceptors (Lipinski definition) is 5. The van der Waals surface area contributed by atoms with Gasteiger partial charge in [-0.25, -0.2) is 4.52 Å². The van der Waals surface area contributed by atoms with Crippen molar-refractivity contribution in [1.82, 2.24) is 24.4 Å². The van der Waals surface area contributed by atoms with E-state index in [9.17, 15) is 9.59 Å². The zero-order valence-electron chi connectivity index (χ0n) is 18.4. The minimum atomic E-state index is -0.141. The van der Waals surface area contributed by atoms with Gasteiger partial charge < -0.3 is 14.6 Å². The summed E-state index contributed by atoms with van der Waals surface area (Å²) in [7, 11) is 0. The number of carbonyl (C=O) groups is 1. The zero-order chi connectivity index (χ0) is 22.6. The molecule has 8 heteroatoms. The summed E-state index contributed by atoms with van der Waals surface area (Å²) in [5, 5.41) is 7.34. The summed E-state index contributed by atoms with van der Waals surface area (Å²) >= 11 is 0. The first kappa shape index (κ1) is 21.4. The van der Waals surface area contributed by atoms with E-state index >= 15 is 0 Å². The number of hydrogen-bond donors (Lipinski definition) is 1. The third kappa shape index (κ3) is 4.53. The summed E-state index contributed by atoms with van der Waals surface area (Å²) in [5.74, 6) is -0.141. The van der Waals surface area contributed by atoms with E-state index in [1.807, 2.05) is 36.4 Å². The Kier molecular flexibility index (Phi) is 6.19. The number of carbonyl (C=O) groups excluding carboxylic acids is 1. The molecule has 1 aliphatic heterocycles. The Morgan fingerprint density at radius 1 is 1.00 bits per heavy atom. The van der Waals surface area contributed by atoms with Crippen molar-refractivity contribution in [1.29, 1.82) is 0 Å². The van der Waals surface area contributed by atoms with E-state index in [4.69, 9.17) is 4.74 Å². The van der Waals surface area contributed by atoms with Gasteiger partial charge in [-0.15, -0.1) is 0 Å². The zero-order valence-corrected chi connectivity index (χ0v) is 18.4. The molecule has 4 aromatic rings. The molecule has 0 atom stereocenters. The van der Waals surface area contributed by atoms with E-state index in [0.29, 0.717) is 29.7 Å². The molecule has 2 aromatic carbocycles. The molecule has 0 unspecified atom stereocenters. The maximum Gasteiger partial charge on any atom is 0.277 e. The van der Waals surface area contributed by atoms with Gasteiger partial charge >= 0.3 is 0 Å². The topological polar surface area (TPSA) is 80.9 Å². The first-order valence-corrected chi connectivity index (χ1v) is 11.3. The molecule has 0 bridgehead atoms. The van der Waals surface area contributed by atoms with Gasteiger partial charge in [0.05, 0.1) is 37.0 Å². The molecule has 170 valence electrons. The fourth-order valence-corrected chi connectivity index (χ4v) is 4.32. The van der Waals surface area contributed by atoms with Crippen LogP contribution in [0, 0.1) is 0 Å². The van der Waals surface area contributed by atoms with E-state index in [-0.39, 0.29) is 11.5 Å². The highest BCUT2D eigenvalue weighted by Gasteiger charge is 2.15. The first-order chi connectivity index (χ1) is 16.2. The summed E-state index contributed by atoms with van der Waals surface area (Å²) in [4.78, 5) is 28.4. The molecule has 1 saturated heterocycles. The van der Waals surface area contributed by atoms with Crippen LogP contribution in [0.4, 0.5) is 0 Å². The second kappa shape index (κ2) is 9.56. The molecule has 33 heavy (non-hydrogen) atoms. The lowest BCUT2D eigenvalue weighted by atomic mass is 10.1. The summed E-state index contributed by atoms with van der Waals surface area (Å²) in [6, 6.07) is 17.0. The minimum Gasteiger partial charge on any atom is -0.379 e. The maximum absolute atomic E-state index is 13.2. The van der Waals surface area contributed by atoms with Crippen LogP contribution in [0.2, 0.25) is 0 Å². The number of fused-ring (bicyclic) bond motifs is 3. The lowest BCUT2D eigenvalue weighted by Crippen LogP contribution is -2.38. The summed E-state index contributed by atoms with van der Waals surface area (Å²) in [6.45, 7) is 5.40. The number of morpholine rings is 1. The van der Waals surface area contributed by atoms with E-state index in [0.717, 1.165) is 50.3 Å². The Hall–Kier alpha value is -3.49. The van der Waals surface area contributed by atoms with Gasteiger partial charge in [0.1, 0.15) is 5.52 Å². The number of benzene rings is 2. The van der Waals surface area contributed by atoms with Crippen LogP contribution >= 0.6 is 0 Å². The fraction of sp³-hybridized carbons (Fsp3) is 0.320. The maximum atomic E-state index is 13.2. The average Bonchev–Trinajstić information content (AvgIpc) is 3.36. The van der Waals surface area contributed by atoms with Gasteiger partial charge in [0.2, 0.25) is 0 Å². The molecule has 2 aromatic heterocycles. The summed E-state index contributed by atoms with van der Waals surface area (Å²) in [6.07, 6.45) is 2.50. The first-order valence-electron chi connectivity index (χ1n) is 11.3. The largest absolute Gasteiger partial charge is 0.379 e. The molecule has 0 saturated carbocycles. The molecule has 1 N–H and O–H groups in total. The van der Waals surface area contributed by atoms with Gasteiger partial charge in [-0.3, -0.25) is 14.5 Å². The van der Waals surface area contributed by atoms with E-state index in [2.05, 4.69) is 15.3 Å². The Bertz CT molecular complexity index is 1320. The van der Waals surface area contributed by atoms with Gasteiger partial charge in [-0.1, -0.05) is 30.3 Å². The van der Waals surface area contributed by atoms with Crippen molar-refractivity contribution < 1.29 is 9.53 Å². The number of nitrogens with zero attached hydrogens (tertiary/aromatic N) is 4. The highest BCUT2D eigenvalue weighted by Crippen LogP contribution is 2.18. The van der Waals surface area contributed by atoms with Crippen LogP contribution in [-0.4, -0.2) is 64.4 Å². The molecule has 1 amide bonds. The second-order valence-corrected chi connectivity index (χ2v) is 8.27. The van der Waals surface area contributed by atoms with Crippen LogP contribution in [0.3, 0.4) is 0 Å². The van der Waals surface area contributed by atoms with Crippen molar-refractivity contribution >= 4 is 22.5 Å². The number of aromatic nitrogens is 3. The molecule has 0 radical (unpaired) electrons. The van der Waals surface area contributed by atoms with Crippen molar-refractivity contribution in [2.75, 3.05) is 39.4 Å². The van der Waals surface area contributed by atoms with Crippen LogP contribution < -0.4 is 10.9 Å². The van der Waals surface area contributed by atoms with Gasteiger partial charge in [0, 0.05) is 25.2 Å². The second-order valence-electron chi connectivity index (χ2n) is 8.27. The Balaban J connectivity index is 1.40. The Morgan fingerprint density at radius 3 is 2.64 bits per heavy atom. The van der Waals surface area contributed by atoms with Crippen LogP contribution in [0.5, 0.6) is 0 Å². The van der Waals surface area contributed by atoms with Gasteiger partial charge in [-0.2, -0.15) is 5.10 Å². The highest BCUT2D eigenvalue weighted by molar-refractivity contribution is 5.97. The van der Waals surface area contributed by atoms with Crippen molar-refractivity contribution in [3.8, 4) is 0 Å². The molecule has 0 aliphatic carbocycles. The number of amides is 1. The third-order valence-corrected chi connectivity index (χ3v) is 6.09. The standard InChI is InChI=1S/C25H27N5O3/c31-24(26-10-4-12-28-13-15-33-16-14-28)20-7-8-21-23(17-20)29(18-19-5-2-1-3-6-19)25(32)22-9-11-27-30(21)22/h1-3,5-9,11,17H,4,10,12-16,18H2,(H,26,31). The van der Waals surface area contributed by atoms with Crippen molar-refractivity contribution in [3.63, 3.8) is 0 Å². The molecule has 5 rings (SSSR count). The Morgan fingerprint density at radius 2 is 1.82 bits per heavy atom. The highest BCUT2D eigenvalue weighted by atomic mass is 16.5. The molecule has 3 heterocycles. The van der Waals surface area contributed by atoms with E-state index < -0.39 is 0 Å². The smallest absolute Gasteiger partial charge is 0.277 e. The fourth-order valence-electron chi connectivity index (χ4n) is 4.32. The van der Waals surface area contributed by atoms with Gasteiger partial charge in [0.25, 0.3) is 11.5 Å². The van der Waals surface area contributed by atoms with Crippen LogP contribution in [-0.2, 0) is 11.3 Å². The quantitative estimate of drug-likeness (QED) is 0.441. The third-order valence-electron chi connectivity index (χ3n) is 6.09. The van der Waals surface area contributed by atoms with Gasteiger partial charge in [0.15, 0.2) is 0 Å². The van der Waals surface area contributed by atoms with Crippen molar-refractivity contribution in [2.45, 2.75) is 13.0 Å². The lowest BCUT2D eigenvalue weighted by Gasteiger charge is -2.26. The van der Waals surface area contributed by atoms with E-state index in [1.165, 1.54) is 0 Å². The van der Waals surface area contributed by atoms with E-state index in [1.54, 1.807) is 33.5 Å². The van der Waals surface area contributed by atoms with Crippen LogP contribution in [0.1, 0.15) is 22.3 Å². The number of rotatable bonds is 7. The van der Waals surface area contributed by atoms with Crippen molar-refractivity contribution in [3.05, 3.63) is 82.3 Å². The molecule has 1 fully saturated rings. The van der Waals surface area contributed by atoms with Crippen molar-refractivity contribution in [2.24, 2.45) is 0 Å². The monoisotopic (exact) mass is 445 g/mol. The van der Waals surface area contributed by atoms with Gasteiger partial charge in [-0.05, 0) is 42.8 Å². The predicted molar refractivity (Wildman–Crippen MR) is 127 cm³/mol. The SMILES string of the molecule is O=C(NCCCN1CCOCC1)c1ccc2c(c1)n(Cc1ccccc1)c(=O)c1ccnn12. The summed E-state index contributed by atoms with van der Waals surface area (Å²) < 4.78 is 8.73. The minimum absolute atomic E-state index is 0.132. The molecular formula is C25H27N5O3. The summed E-state index contributed by atoms with van der Waals surface area (Å²) in [5.41, 5.74) is 3.39. The number of ether oxygens (including phenoxy) is 1. The molecule has 8 nitrogen and oxygen atoms in total. The predicted octanol–water partition coefficient (Wildman–Crippen LogP) is 2.15. The molecule has 0 spiro atoms. The van der Waals surface area contributed by atoms with Crippen LogP contribution in [0.15, 0.2) is 65.6 Å². The molecule has 1 aliphatic rings. The van der Waals surface area contributed by atoms with Crippen LogP contribution in [0.25, 0.3) is 16.6 Å².